The van der Waals surface area contributed by atoms with Crippen LogP contribution >= 0.6 is 0 Å². The molecule has 0 fully saturated rings. The Kier molecular flexibility index (Phi) is 2.78. The summed E-state index contributed by atoms with van der Waals surface area (Å²) in [6.07, 6.45) is 4.34. The molecule has 3 nitrogen and oxygen atoms in total. The van der Waals surface area contributed by atoms with Gasteiger partial charge in [0.2, 0.25) is 11.6 Å². The van der Waals surface area contributed by atoms with E-state index in [0.717, 1.165) is 5.57 Å². The Hall–Kier alpha value is -1.22. The lowest BCUT2D eigenvalue weighted by Crippen LogP contribution is -2.27. The quantitative estimate of drug-likeness (QED) is 0.499. The van der Waals surface area contributed by atoms with Crippen LogP contribution in [0.3, 0.4) is 0 Å². The van der Waals surface area contributed by atoms with Crippen molar-refractivity contribution in [2.75, 3.05) is 0 Å². The summed E-state index contributed by atoms with van der Waals surface area (Å²) in [5.41, 5.74) is 6.51. The molecule has 0 saturated carbocycles. The van der Waals surface area contributed by atoms with E-state index < -0.39 is 11.6 Å². The van der Waals surface area contributed by atoms with Crippen molar-refractivity contribution in [3.63, 3.8) is 0 Å². The summed E-state index contributed by atoms with van der Waals surface area (Å²) < 4.78 is 0. The van der Waals surface area contributed by atoms with Gasteiger partial charge in [0, 0.05) is 6.04 Å². The van der Waals surface area contributed by atoms with Crippen LogP contribution in [-0.2, 0) is 9.59 Å². The fourth-order valence-corrected chi connectivity index (χ4v) is 1.11. The smallest absolute Gasteiger partial charge is 0.225 e. The normalized spacial score (nSPS) is 21.3. The molecule has 1 aliphatic rings. The summed E-state index contributed by atoms with van der Waals surface area (Å²) in [5.74, 6) is -0.807. The van der Waals surface area contributed by atoms with Crippen molar-refractivity contribution >= 4 is 11.6 Å². The van der Waals surface area contributed by atoms with Crippen molar-refractivity contribution in [2.24, 2.45) is 11.7 Å². The SMILES string of the molecule is CC(C1=CC(=O)C(=O)C=C1)[C@@H](C)N. The third-order valence-corrected chi connectivity index (χ3v) is 2.28. The van der Waals surface area contributed by atoms with Crippen LogP contribution in [-0.4, -0.2) is 17.6 Å². The summed E-state index contributed by atoms with van der Waals surface area (Å²) in [6, 6.07) is -0.0168. The van der Waals surface area contributed by atoms with E-state index in [9.17, 15) is 9.59 Å². The number of hydrogen-bond donors (Lipinski definition) is 1. The molecule has 3 heteroatoms. The average molecular weight is 179 g/mol. The van der Waals surface area contributed by atoms with E-state index in [1.807, 2.05) is 13.8 Å². The molecule has 70 valence electrons. The highest BCUT2D eigenvalue weighted by atomic mass is 16.2. The van der Waals surface area contributed by atoms with Gasteiger partial charge in [-0.1, -0.05) is 13.0 Å². The minimum atomic E-state index is -0.458. The van der Waals surface area contributed by atoms with E-state index in [2.05, 4.69) is 0 Å². The first-order valence-electron chi connectivity index (χ1n) is 4.26. The van der Waals surface area contributed by atoms with Crippen LogP contribution in [0.2, 0.25) is 0 Å². The molecule has 0 aromatic heterocycles. The minimum Gasteiger partial charge on any atom is -0.327 e. The van der Waals surface area contributed by atoms with E-state index in [1.165, 1.54) is 12.2 Å². The molecule has 13 heavy (non-hydrogen) atoms. The van der Waals surface area contributed by atoms with Gasteiger partial charge in [-0.2, -0.15) is 0 Å². The molecule has 0 heterocycles. The molecule has 0 spiro atoms. The summed E-state index contributed by atoms with van der Waals surface area (Å²) in [4.78, 5) is 21.8. The maximum Gasteiger partial charge on any atom is 0.225 e. The van der Waals surface area contributed by atoms with E-state index in [1.54, 1.807) is 6.08 Å². The number of nitrogens with two attached hydrogens (primary N) is 1. The zero-order chi connectivity index (χ0) is 10.0. The molecule has 0 bridgehead atoms. The van der Waals surface area contributed by atoms with Crippen molar-refractivity contribution in [1.29, 1.82) is 0 Å². The van der Waals surface area contributed by atoms with Gasteiger partial charge in [-0.3, -0.25) is 9.59 Å². The zero-order valence-electron chi connectivity index (χ0n) is 7.78. The highest BCUT2D eigenvalue weighted by molar-refractivity contribution is 6.46. The standard InChI is InChI=1S/C10H13NO2/c1-6(7(2)11)8-3-4-9(12)10(13)5-8/h3-7H,11H2,1-2H3/t6?,7-/m1/s1. The van der Waals surface area contributed by atoms with Crippen molar-refractivity contribution in [2.45, 2.75) is 19.9 Å². The summed E-state index contributed by atoms with van der Waals surface area (Å²) in [6.45, 7) is 3.81. The molecule has 0 amide bonds. The Balaban J connectivity index is 2.85. The second-order valence-corrected chi connectivity index (χ2v) is 3.35. The first kappa shape index (κ1) is 9.86. The third-order valence-electron chi connectivity index (χ3n) is 2.28. The zero-order valence-corrected chi connectivity index (χ0v) is 7.78. The van der Waals surface area contributed by atoms with Gasteiger partial charge in [0.25, 0.3) is 0 Å². The van der Waals surface area contributed by atoms with Crippen LogP contribution in [0, 0.1) is 5.92 Å². The van der Waals surface area contributed by atoms with Crippen molar-refractivity contribution in [1.82, 2.24) is 0 Å². The van der Waals surface area contributed by atoms with Gasteiger partial charge in [-0.05, 0) is 30.6 Å². The molecule has 1 aliphatic carbocycles. The van der Waals surface area contributed by atoms with Gasteiger partial charge in [-0.25, -0.2) is 0 Å². The van der Waals surface area contributed by atoms with Crippen LogP contribution in [0.5, 0.6) is 0 Å². The fraction of sp³-hybridized carbons (Fsp3) is 0.400. The second-order valence-electron chi connectivity index (χ2n) is 3.35. The van der Waals surface area contributed by atoms with Gasteiger partial charge in [-0.15, -0.1) is 0 Å². The highest BCUT2D eigenvalue weighted by Crippen LogP contribution is 2.17. The fourth-order valence-electron chi connectivity index (χ4n) is 1.11. The predicted octanol–water partition coefficient (Wildman–Crippen LogP) is 0.604. The number of carbonyl (C=O) groups excluding carboxylic acids is 2. The van der Waals surface area contributed by atoms with Gasteiger partial charge >= 0.3 is 0 Å². The number of ketones is 2. The van der Waals surface area contributed by atoms with Gasteiger partial charge in [0.1, 0.15) is 0 Å². The predicted molar refractivity (Wildman–Crippen MR) is 50.1 cm³/mol. The number of carbonyl (C=O) groups is 2. The van der Waals surface area contributed by atoms with Gasteiger partial charge in [0.15, 0.2) is 0 Å². The molecule has 0 aromatic rings. The maximum atomic E-state index is 11.0. The molecule has 1 rings (SSSR count). The maximum absolute atomic E-state index is 11.0. The van der Waals surface area contributed by atoms with E-state index in [-0.39, 0.29) is 12.0 Å². The highest BCUT2D eigenvalue weighted by Gasteiger charge is 2.18. The Morgan fingerprint density at radius 3 is 2.23 bits per heavy atom. The Morgan fingerprint density at radius 2 is 1.77 bits per heavy atom. The first-order chi connectivity index (χ1) is 6.02. The summed E-state index contributed by atoms with van der Waals surface area (Å²) in [7, 11) is 0. The monoisotopic (exact) mass is 179 g/mol. The van der Waals surface area contributed by atoms with Crippen molar-refractivity contribution in [3.05, 3.63) is 23.8 Å². The van der Waals surface area contributed by atoms with Crippen molar-refractivity contribution < 1.29 is 9.59 Å². The Morgan fingerprint density at radius 1 is 1.15 bits per heavy atom. The Bertz CT molecular complexity index is 300. The molecular formula is C10H13NO2. The van der Waals surface area contributed by atoms with Crippen LogP contribution in [0.25, 0.3) is 0 Å². The lowest BCUT2D eigenvalue weighted by molar-refractivity contribution is -0.131. The van der Waals surface area contributed by atoms with Crippen LogP contribution in [0.15, 0.2) is 23.8 Å². The molecule has 0 aromatic carbocycles. The van der Waals surface area contributed by atoms with Crippen molar-refractivity contribution in [3.8, 4) is 0 Å². The van der Waals surface area contributed by atoms with E-state index >= 15 is 0 Å². The number of rotatable bonds is 2. The van der Waals surface area contributed by atoms with Crippen LogP contribution in [0.4, 0.5) is 0 Å². The molecular weight excluding hydrogens is 166 g/mol. The lowest BCUT2D eigenvalue weighted by atomic mass is 9.90. The largest absolute Gasteiger partial charge is 0.327 e. The van der Waals surface area contributed by atoms with Crippen LogP contribution < -0.4 is 5.73 Å². The molecule has 0 radical (unpaired) electrons. The Labute approximate surface area is 77.3 Å². The first-order valence-corrected chi connectivity index (χ1v) is 4.26. The third kappa shape index (κ3) is 2.12. The second kappa shape index (κ2) is 3.66. The summed E-state index contributed by atoms with van der Waals surface area (Å²) in [5, 5.41) is 0. The summed E-state index contributed by atoms with van der Waals surface area (Å²) >= 11 is 0. The number of hydrogen-bond acceptors (Lipinski definition) is 3. The molecule has 1 unspecified atom stereocenters. The van der Waals surface area contributed by atoms with Gasteiger partial charge < -0.3 is 5.73 Å². The molecule has 2 N–H and O–H groups in total. The molecule has 0 aliphatic heterocycles. The topological polar surface area (TPSA) is 60.2 Å². The average Bonchev–Trinajstić information content (AvgIpc) is 2.08. The van der Waals surface area contributed by atoms with E-state index in [0.29, 0.717) is 0 Å². The number of allylic oxidation sites excluding steroid dienone is 3. The van der Waals surface area contributed by atoms with E-state index in [4.69, 9.17) is 5.73 Å². The van der Waals surface area contributed by atoms with Gasteiger partial charge in [0.05, 0.1) is 0 Å². The van der Waals surface area contributed by atoms with Crippen LogP contribution in [0.1, 0.15) is 13.8 Å². The minimum absolute atomic E-state index is 0.0168. The molecule has 2 atom stereocenters. The lowest BCUT2D eigenvalue weighted by Gasteiger charge is -2.17. The molecule has 0 saturated heterocycles.